The standard InChI is InChI=1S/C23H27F3N6O/c1-13-9-14(2)32(13)18-7-8-20(15(10-18)11-27)31-12-19(21(28)33)22(30-31)29-17-5-3-16(4-6-17)23(24,25)26/h3-6,12-15,18,20H,7-10H2,1-2H3,(H2,28,33)(H,29,30)/t13-,14-,15+,18-,20-/m0/s1. The molecule has 1 saturated heterocycles. The van der Waals surface area contributed by atoms with Crippen LogP contribution in [0.2, 0.25) is 0 Å². The number of nitrogens with one attached hydrogen (secondary N) is 1. The van der Waals surface area contributed by atoms with Crippen LogP contribution < -0.4 is 11.1 Å². The van der Waals surface area contributed by atoms with Crippen LogP contribution in [0.4, 0.5) is 24.7 Å². The van der Waals surface area contributed by atoms with E-state index < -0.39 is 17.6 Å². The fourth-order valence-corrected chi connectivity index (χ4v) is 5.33. The first kappa shape index (κ1) is 23.1. The Bertz CT molecular complexity index is 1050. The van der Waals surface area contributed by atoms with E-state index in [1.165, 1.54) is 18.3 Å². The number of benzene rings is 1. The number of halogens is 3. The third-order valence-corrected chi connectivity index (χ3v) is 6.89. The van der Waals surface area contributed by atoms with E-state index in [1.807, 2.05) is 0 Å². The molecule has 176 valence electrons. The summed E-state index contributed by atoms with van der Waals surface area (Å²) in [5.74, 6) is -0.824. The van der Waals surface area contributed by atoms with Gasteiger partial charge in [-0.2, -0.15) is 23.5 Å². The van der Waals surface area contributed by atoms with Gasteiger partial charge in [0.1, 0.15) is 5.56 Å². The van der Waals surface area contributed by atoms with Crippen LogP contribution >= 0.6 is 0 Å². The number of aromatic nitrogens is 2. The summed E-state index contributed by atoms with van der Waals surface area (Å²) in [6.07, 6.45) is 0.637. The van der Waals surface area contributed by atoms with Crippen LogP contribution in [0.5, 0.6) is 0 Å². The van der Waals surface area contributed by atoms with Gasteiger partial charge in [0.2, 0.25) is 0 Å². The van der Waals surface area contributed by atoms with Crippen LogP contribution in [-0.4, -0.2) is 38.7 Å². The highest BCUT2D eigenvalue weighted by Crippen LogP contribution is 2.41. The topological polar surface area (TPSA) is 100.0 Å². The summed E-state index contributed by atoms with van der Waals surface area (Å²) in [4.78, 5) is 14.5. The predicted octanol–water partition coefficient (Wildman–Crippen LogP) is 4.46. The molecule has 7 nitrogen and oxygen atoms in total. The van der Waals surface area contributed by atoms with Crippen LogP contribution in [0.25, 0.3) is 0 Å². The lowest BCUT2D eigenvalue weighted by Gasteiger charge is -2.52. The van der Waals surface area contributed by atoms with Gasteiger partial charge in [-0.3, -0.25) is 14.4 Å². The van der Waals surface area contributed by atoms with E-state index in [0.29, 0.717) is 23.8 Å². The lowest BCUT2D eigenvalue weighted by Crippen LogP contribution is -2.59. The van der Waals surface area contributed by atoms with Crippen LogP contribution in [0, 0.1) is 17.2 Å². The van der Waals surface area contributed by atoms with Crippen molar-refractivity contribution in [1.29, 1.82) is 5.26 Å². The van der Waals surface area contributed by atoms with Crippen molar-refractivity contribution in [2.24, 2.45) is 11.7 Å². The number of anilines is 2. The van der Waals surface area contributed by atoms with Crippen molar-refractivity contribution >= 4 is 17.4 Å². The van der Waals surface area contributed by atoms with E-state index in [2.05, 4.69) is 35.2 Å². The number of hydrogen-bond acceptors (Lipinski definition) is 5. The molecule has 1 amide bonds. The van der Waals surface area contributed by atoms with Crippen molar-refractivity contribution in [1.82, 2.24) is 14.7 Å². The van der Waals surface area contributed by atoms with Gasteiger partial charge in [-0.25, -0.2) is 0 Å². The maximum atomic E-state index is 12.8. The molecule has 4 rings (SSSR count). The molecule has 2 aromatic rings. The summed E-state index contributed by atoms with van der Waals surface area (Å²) in [7, 11) is 0. The minimum atomic E-state index is -4.44. The number of hydrogen-bond donors (Lipinski definition) is 2. The summed E-state index contributed by atoms with van der Waals surface area (Å²) in [6, 6.07) is 8.03. The van der Waals surface area contributed by atoms with Crippen LogP contribution in [-0.2, 0) is 6.18 Å². The van der Waals surface area contributed by atoms with Crippen molar-refractivity contribution in [3.8, 4) is 6.07 Å². The van der Waals surface area contributed by atoms with Crippen molar-refractivity contribution in [3.05, 3.63) is 41.6 Å². The zero-order chi connectivity index (χ0) is 23.9. The second-order valence-corrected chi connectivity index (χ2v) is 9.09. The molecule has 5 atom stereocenters. The van der Waals surface area contributed by atoms with Gasteiger partial charge in [-0.05, 0) is 63.8 Å². The number of primary amides is 1. The van der Waals surface area contributed by atoms with E-state index in [0.717, 1.165) is 37.8 Å². The Morgan fingerprint density at radius 3 is 2.39 bits per heavy atom. The summed E-state index contributed by atoms with van der Waals surface area (Å²) in [6.45, 7) is 4.42. The van der Waals surface area contributed by atoms with Crippen molar-refractivity contribution in [2.75, 3.05) is 5.32 Å². The predicted molar refractivity (Wildman–Crippen MR) is 117 cm³/mol. The first-order chi connectivity index (χ1) is 15.6. The molecule has 1 aliphatic carbocycles. The smallest absolute Gasteiger partial charge is 0.365 e. The number of carbonyl (C=O) groups is 1. The second kappa shape index (κ2) is 8.71. The minimum absolute atomic E-state index is 0.124. The Morgan fingerprint density at radius 1 is 1.18 bits per heavy atom. The summed E-state index contributed by atoms with van der Waals surface area (Å²) < 4.78 is 40.1. The van der Waals surface area contributed by atoms with E-state index in [9.17, 15) is 23.2 Å². The van der Waals surface area contributed by atoms with Gasteiger partial charge in [0.15, 0.2) is 5.82 Å². The normalized spacial score (nSPS) is 28.1. The van der Waals surface area contributed by atoms with E-state index in [1.54, 1.807) is 4.68 Å². The third kappa shape index (κ3) is 4.55. The molecule has 2 aliphatic rings. The van der Waals surface area contributed by atoms with Gasteiger partial charge < -0.3 is 11.1 Å². The lowest BCUT2D eigenvalue weighted by atomic mass is 9.78. The summed E-state index contributed by atoms with van der Waals surface area (Å²) in [5, 5.41) is 17.2. The maximum absolute atomic E-state index is 12.8. The summed E-state index contributed by atoms with van der Waals surface area (Å²) >= 11 is 0. The number of alkyl halides is 3. The van der Waals surface area contributed by atoms with Crippen LogP contribution in [0.3, 0.4) is 0 Å². The van der Waals surface area contributed by atoms with E-state index >= 15 is 0 Å². The third-order valence-electron chi connectivity index (χ3n) is 6.89. The number of carbonyl (C=O) groups excluding carboxylic acids is 1. The maximum Gasteiger partial charge on any atom is 0.416 e. The van der Waals surface area contributed by atoms with Gasteiger partial charge >= 0.3 is 6.18 Å². The number of likely N-dealkylation sites (tertiary alicyclic amines) is 1. The Morgan fingerprint density at radius 2 is 1.85 bits per heavy atom. The number of rotatable bonds is 5. The SMILES string of the molecule is C[C@H]1C[C@H](C)N1[C@H]1CC[C@H](n2cc(C(N)=O)c(Nc3ccc(C(F)(F)F)cc3)n2)[C@@H](C#N)C1. The summed E-state index contributed by atoms with van der Waals surface area (Å²) in [5.41, 5.74) is 5.22. The number of nitrogens with two attached hydrogens (primary N) is 1. The molecule has 3 N–H and O–H groups in total. The highest BCUT2D eigenvalue weighted by atomic mass is 19.4. The Labute approximate surface area is 190 Å². The van der Waals surface area contributed by atoms with Gasteiger partial charge in [-0.15, -0.1) is 0 Å². The molecule has 0 spiro atoms. The van der Waals surface area contributed by atoms with Gasteiger partial charge in [0, 0.05) is 30.0 Å². The van der Waals surface area contributed by atoms with Gasteiger partial charge in [0.05, 0.1) is 23.6 Å². The number of amides is 1. The lowest BCUT2D eigenvalue weighted by molar-refractivity contribution is -0.137. The highest BCUT2D eigenvalue weighted by molar-refractivity contribution is 5.98. The first-order valence-electron chi connectivity index (χ1n) is 11.1. The second-order valence-electron chi connectivity index (χ2n) is 9.09. The molecule has 10 heteroatoms. The quantitative estimate of drug-likeness (QED) is 0.686. The molecule has 1 saturated carbocycles. The van der Waals surface area contributed by atoms with Gasteiger partial charge in [0.25, 0.3) is 5.91 Å². The van der Waals surface area contributed by atoms with Gasteiger partial charge in [-0.1, -0.05) is 0 Å². The zero-order valence-corrected chi connectivity index (χ0v) is 18.5. The number of nitrogens with zero attached hydrogens (tertiary/aromatic N) is 4. The Balaban J connectivity index is 1.54. The highest BCUT2D eigenvalue weighted by Gasteiger charge is 2.42. The van der Waals surface area contributed by atoms with E-state index in [-0.39, 0.29) is 23.3 Å². The number of nitriles is 1. The average molecular weight is 461 g/mol. The molecule has 1 aliphatic heterocycles. The monoisotopic (exact) mass is 460 g/mol. The minimum Gasteiger partial charge on any atom is -0.365 e. The largest absolute Gasteiger partial charge is 0.416 e. The molecule has 0 radical (unpaired) electrons. The molecule has 1 aromatic carbocycles. The molecule has 1 aromatic heterocycles. The van der Waals surface area contributed by atoms with Crippen molar-refractivity contribution < 1.29 is 18.0 Å². The molecule has 0 bridgehead atoms. The molecule has 33 heavy (non-hydrogen) atoms. The molecule has 0 unspecified atom stereocenters. The fourth-order valence-electron chi connectivity index (χ4n) is 5.33. The Hall–Kier alpha value is -3.06. The van der Waals surface area contributed by atoms with Crippen molar-refractivity contribution in [3.63, 3.8) is 0 Å². The Kier molecular flexibility index (Phi) is 6.10. The first-order valence-corrected chi connectivity index (χ1v) is 11.1. The van der Waals surface area contributed by atoms with Crippen molar-refractivity contribution in [2.45, 2.75) is 69.9 Å². The molecular weight excluding hydrogens is 433 g/mol. The molecular formula is C23H27F3N6O. The average Bonchev–Trinajstić information content (AvgIpc) is 3.17. The molecule has 2 heterocycles. The van der Waals surface area contributed by atoms with E-state index in [4.69, 9.17) is 5.73 Å². The molecule has 2 fully saturated rings. The van der Waals surface area contributed by atoms with Crippen LogP contribution in [0.1, 0.15) is 61.5 Å². The van der Waals surface area contributed by atoms with Crippen LogP contribution in [0.15, 0.2) is 30.5 Å². The zero-order valence-electron chi connectivity index (χ0n) is 18.5. The fraction of sp³-hybridized carbons (Fsp3) is 0.522.